The zero-order chi connectivity index (χ0) is 14.7. The highest BCUT2D eigenvalue weighted by Crippen LogP contribution is 2.11. The molecule has 0 aliphatic heterocycles. The molecule has 0 aliphatic carbocycles. The Hall–Kier alpha value is -1.41. The number of hydrogen-bond donors (Lipinski definition) is 3. The van der Waals surface area contributed by atoms with Gasteiger partial charge in [0.2, 0.25) is 16.0 Å². The molecule has 0 fully saturated rings. The Bertz CT molecular complexity index is 542. The van der Waals surface area contributed by atoms with E-state index in [4.69, 9.17) is 0 Å². The zero-order valence-corrected chi connectivity index (χ0v) is 12.7. The summed E-state index contributed by atoms with van der Waals surface area (Å²) in [4.78, 5) is 8.42. The van der Waals surface area contributed by atoms with Crippen LogP contribution in [0.4, 0.5) is 11.8 Å². The Labute approximate surface area is 114 Å². The molecule has 0 bridgehead atoms. The maximum absolute atomic E-state index is 11.2. The molecule has 1 aromatic heterocycles. The minimum absolute atomic E-state index is 0.416. The summed E-state index contributed by atoms with van der Waals surface area (Å²) in [6.07, 6.45) is 1.14. The van der Waals surface area contributed by atoms with Crippen molar-refractivity contribution in [2.24, 2.45) is 0 Å². The van der Waals surface area contributed by atoms with E-state index in [1.807, 2.05) is 6.92 Å². The van der Waals surface area contributed by atoms with Gasteiger partial charge in [0.25, 0.3) is 0 Å². The second-order valence-corrected chi connectivity index (χ2v) is 6.83. The molecule has 0 atom stereocenters. The Balaban J connectivity index is 2.73. The molecule has 7 nitrogen and oxygen atoms in total. The predicted octanol–water partition coefficient (Wildman–Crippen LogP) is 0.566. The van der Waals surface area contributed by atoms with Crippen LogP contribution in [0.3, 0.4) is 0 Å². The van der Waals surface area contributed by atoms with Crippen molar-refractivity contribution in [2.45, 2.75) is 26.3 Å². The number of nitrogens with zero attached hydrogens (tertiary/aromatic N) is 2. The Morgan fingerprint density at radius 3 is 2.47 bits per heavy atom. The lowest BCUT2D eigenvalue weighted by Crippen LogP contribution is -2.47. The molecule has 0 spiro atoms. The van der Waals surface area contributed by atoms with Crippen LogP contribution in [0.2, 0.25) is 0 Å². The zero-order valence-electron chi connectivity index (χ0n) is 11.9. The summed E-state index contributed by atoms with van der Waals surface area (Å²) in [5, 5.41) is 5.97. The average molecular weight is 287 g/mol. The quantitative estimate of drug-likeness (QED) is 0.708. The number of rotatable bonds is 6. The first-order chi connectivity index (χ1) is 8.61. The monoisotopic (exact) mass is 287 g/mol. The first-order valence-corrected chi connectivity index (χ1v) is 7.77. The third-order valence-electron chi connectivity index (χ3n) is 2.25. The standard InChI is InChI=1S/C11H21N5O2S/c1-8-6-9(15-10(12-4)14-8)13-7-11(2,3)16-19(5,17)18/h6,16H,7H2,1-5H3,(H2,12,13,14,15). The molecule has 8 heteroatoms. The van der Waals surface area contributed by atoms with Gasteiger partial charge in [-0.2, -0.15) is 4.98 Å². The van der Waals surface area contributed by atoms with Crippen molar-refractivity contribution in [3.05, 3.63) is 11.8 Å². The predicted molar refractivity (Wildman–Crippen MR) is 76.9 cm³/mol. The van der Waals surface area contributed by atoms with Crippen molar-refractivity contribution in [2.75, 3.05) is 30.5 Å². The van der Waals surface area contributed by atoms with Crippen LogP contribution < -0.4 is 15.4 Å². The molecular formula is C11H21N5O2S. The average Bonchev–Trinajstić information content (AvgIpc) is 2.22. The van der Waals surface area contributed by atoms with Gasteiger partial charge in [0.15, 0.2) is 0 Å². The van der Waals surface area contributed by atoms with Gasteiger partial charge < -0.3 is 10.6 Å². The van der Waals surface area contributed by atoms with Crippen LogP contribution in [-0.2, 0) is 10.0 Å². The molecule has 0 saturated heterocycles. The summed E-state index contributed by atoms with van der Waals surface area (Å²) in [5.41, 5.74) is 0.224. The SMILES string of the molecule is CNc1nc(C)cc(NCC(C)(C)NS(C)(=O)=O)n1. The van der Waals surface area contributed by atoms with E-state index < -0.39 is 15.6 Å². The summed E-state index contributed by atoms with van der Waals surface area (Å²) >= 11 is 0. The first-order valence-electron chi connectivity index (χ1n) is 5.87. The molecule has 1 rings (SSSR count). The Kier molecular flexibility index (Phi) is 4.70. The lowest BCUT2D eigenvalue weighted by molar-refractivity contribution is 0.476. The number of anilines is 2. The van der Waals surface area contributed by atoms with Gasteiger partial charge in [0.05, 0.1) is 6.26 Å². The summed E-state index contributed by atoms with van der Waals surface area (Å²) < 4.78 is 25.0. The minimum atomic E-state index is -3.24. The molecule has 0 amide bonds. The summed E-state index contributed by atoms with van der Waals surface area (Å²) in [5.74, 6) is 1.18. The number of sulfonamides is 1. The first kappa shape index (κ1) is 15.6. The molecule has 1 heterocycles. The molecule has 108 valence electrons. The highest BCUT2D eigenvalue weighted by molar-refractivity contribution is 7.88. The van der Waals surface area contributed by atoms with Crippen molar-refractivity contribution in [3.8, 4) is 0 Å². The van der Waals surface area contributed by atoms with Gasteiger partial charge in [-0.1, -0.05) is 0 Å². The fourth-order valence-corrected chi connectivity index (χ4v) is 2.70. The van der Waals surface area contributed by atoms with E-state index in [1.54, 1.807) is 27.0 Å². The van der Waals surface area contributed by atoms with Gasteiger partial charge in [-0.3, -0.25) is 0 Å². The summed E-state index contributed by atoms with van der Waals surface area (Å²) in [7, 11) is -1.50. The molecule has 1 aromatic rings. The van der Waals surface area contributed by atoms with Gasteiger partial charge >= 0.3 is 0 Å². The molecule has 19 heavy (non-hydrogen) atoms. The van der Waals surface area contributed by atoms with Crippen LogP contribution >= 0.6 is 0 Å². The van der Waals surface area contributed by atoms with Crippen molar-refractivity contribution < 1.29 is 8.42 Å². The smallest absolute Gasteiger partial charge is 0.224 e. The van der Waals surface area contributed by atoms with Crippen LogP contribution in [0.25, 0.3) is 0 Å². The third kappa shape index (κ3) is 5.84. The van der Waals surface area contributed by atoms with E-state index in [9.17, 15) is 8.42 Å². The van der Waals surface area contributed by atoms with E-state index in [2.05, 4.69) is 25.3 Å². The minimum Gasteiger partial charge on any atom is -0.368 e. The molecule has 0 unspecified atom stereocenters. The number of aromatic nitrogens is 2. The van der Waals surface area contributed by atoms with E-state index in [0.29, 0.717) is 18.3 Å². The molecule has 3 N–H and O–H groups in total. The maximum atomic E-state index is 11.2. The van der Waals surface area contributed by atoms with Crippen LogP contribution in [0.15, 0.2) is 6.07 Å². The molecular weight excluding hydrogens is 266 g/mol. The summed E-state index contributed by atoms with van der Waals surface area (Å²) in [6.45, 7) is 5.88. The van der Waals surface area contributed by atoms with Crippen LogP contribution in [0, 0.1) is 6.92 Å². The highest BCUT2D eigenvalue weighted by Gasteiger charge is 2.22. The van der Waals surface area contributed by atoms with Crippen molar-refractivity contribution in [3.63, 3.8) is 0 Å². The van der Waals surface area contributed by atoms with Crippen LogP contribution in [0.1, 0.15) is 19.5 Å². The fraction of sp³-hybridized carbons (Fsp3) is 0.636. The lowest BCUT2D eigenvalue weighted by atomic mass is 10.1. The van der Waals surface area contributed by atoms with Gasteiger partial charge in [-0.15, -0.1) is 0 Å². The molecule has 0 aromatic carbocycles. The van der Waals surface area contributed by atoms with Crippen LogP contribution in [0.5, 0.6) is 0 Å². The second kappa shape index (κ2) is 5.70. The van der Waals surface area contributed by atoms with Crippen molar-refractivity contribution >= 4 is 21.8 Å². The summed E-state index contributed by atoms with van der Waals surface area (Å²) in [6, 6.07) is 1.80. The van der Waals surface area contributed by atoms with Gasteiger partial charge in [0.1, 0.15) is 5.82 Å². The normalized spacial score (nSPS) is 12.3. The van der Waals surface area contributed by atoms with Crippen molar-refractivity contribution in [1.29, 1.82) is 0 Å². The molecule has 0 saturated carbocycles. The molecule has 0 radical (unpaired) electrons. The number of hydrogen-bond acceptors (Lipinski definition) is 6. The Morgan fingerprint density at radius 1 is 1.32 bits per heavy atom. The van der Waals surface area contributed by atoms with Gasteiger partial charge in [-0.05, 0) is 20.8 Å². The largest absolute Gasteiger partial charge is 0.368 e. The van der Waals surface area contributed by atoms with Gasteiger partial charge in [-0.25, -0.2) is 18.1 Å². The number of nitrogens with one attached hydrogen (secondary N) is 3. The van der Waals surface area contributed by atoms with Crippen molar-refractivity contribution in [1.82, 2.24) is 14.7 Å². The van der Waals surface area contributed by atoms with E-state index in [-0.39, 0.29) is 0 Å². The third-order valence-corrected chi connectivity index (χ3v) is 3.17. The van der Waals surface area contributed by atoms with Gasteiger partial charge in [0, 0.05) is 30.9 Å². The number of aryl methyl sites for hydroxylation is 1. The van der Waals surface area contributed by atoms with Crippen LogP contribution in [-0.4, -0.2) is 43.8 Å². The lowest BCUT2D eigenvalue weighted by Gasteiger charge is -2.25. The molecule has 0 aliphatic rings. The fourth-order valence-electron chi connectivity index (χ4n) is 1.62. The maximum Gasteiger partial charge on any atom is 0.224 e. The van der Waals surface area contributed by atoms with E-state index in [1.165, 1.54) is 0 Å². The Morgan fingerprint density at radius 2 is 1.95 bits per heavy atom. The van der Waals surface area contributed by atoms with E-state index in [0.717, 1.165) is 11.9 Å². The van der Waals surface area contributed by atoms with E-state index >= 15 is 0 Å². The second-order valence-electron chi connectivity index (χ2n) is 5.08. The highest BCUT2D eigenvalue weighted by atomic mass is 32.2. The topological polar surface area (TPSA) is 96.0 Å².